The fourth-order valence-electron chi connectivity index (χ4n) is 2.76. The van der Waals surface area contributed by atoms with Gasteiger partial charge in [-0.1, -0.05) is 13.8 Å². The van der Waals surface area contributed by atoms with Gasteiger partial charge >= 0.3 is 6.03 Å². The average molecular weight is 275 g/mol. The molecular weight excluding hydrogens is 250 g/mol. The van der Waals surface area contributed by atoms with Crippen molar-refractivity contribution in [2.45, 2.75) is 33.1 Å². The number of hydrogen-bond acceptors (Lipinski definition) is 2. The number of likely N-dealkylation sites (tertiary alicyclic amines) is 1. The Labute approximate surface area is 121 Å². The van der Waals surface area contributed by atoms with E-state index in [1.807, 2.05) is 17.0 Å². The van der Waals surface area contributed by atoms with Crippen LogP contribution in [0.2, 0.25) is 0 Å². The molecule has 1 aromatic rings. The molecule has 1 aliphatic rings. The number of benzene rings is 1. The molecule has 20 heavy (non-hydrogen) atoms. The van der Waals surface area contributed by atoms with E-state index in [0.717, 1.165) is 37.5 Å². The molecule has 0 spiro atoms. The van der Waals surface area contributed by atoms with Crippen molar-refractivity contribution in [1.29, 1.82) is 0 Å². The number of nitrogens with one attached hydrogen (secondary N) is 1. The van der Waals surface area contributed by atoms with Gasteiger partial charge in [0.2, 0.25) is 0 Å². The van der Waals surface area contributed by atoms with E-state index < -0.39 is 0 Å². The molecule has 4 nitrogen and oxygen atoms in total. The van der Waals surface area contributed by atoms with Crippen LogP contribution in [0, 0.1) is 11.8 Å². The summed E-state index contributed by atoms with van der Waals surface area (Å²) >= 11 is 0. The quantitative estimate of drug-likeness (QED) is 0.811. The van der Waals surface area contributed by atoms with Crippen LogP contribution in [0.25, 0.3) is 0 Å². The Morgan fingerprint density at radius 2 is 1.95 bits per heavy atom. The van der Waals surface area contributed by atoms with Crippen LogP contribution in [0.3, 0.4) is 0 Å². The number of amides is 2. The SMILES string of the molecule is CC(C)C1CCCN(C(=O)Nc2ccc(N)cc2)CC1. The van der Waals surface area contributed by atoms with Gasteiger partial charge in [0.05, 0.1) is 0 Å². The summed E-state index contributed by atoms with van der Waals surface area (Å²) in [5.41, 5.74) is 7.15. The second-order valence-corrected chi connectivity index (χ2v) is 5.97. The highest BCUT2D eigenvalue weighted by Crippen LogP contribution is 2.24. The molecule has 0 bridgehead atoms. The van der Waals surface area contributed by atoms with Crippen LogP contribution in [-0.2, 0) is 0 Å². The smallest absolute Gasteiger partial charge is 0.321 e. The summed E-state index contributed by atoms with van der Waals surface area (Å²) in [6, 6.07) is 7.27. The van der Waals surface area contributed by atoms with Crippen molar-refractivity contribution in [2.75, 3.05) is 24.1 Å². The molecule has 3 N–H and O–H groups in total. The number of nitrogens with two attached hydrogens (primary N) is 1. The minimum Gasteiger partial charge on any atom is -0.399 e. The van der Waals surface area contributed by atoms with Crippen LogP contribution in [0.15, 0.2) is 24.3 Å². The third-order valence-corrected chi connectivity index (χ3v) is 4.16. The highest BCUT2D eigenvalue weighted by Gasteiger charge is 2.22. The number of hydrogen-bond donors (Lipinski definition) is 2. The van der Waals surface area contributed by atoms with E-state index in [2.05, 4.69) is 19.2 Å². The summed E-state index contributed by atoms with van der Waals surface area (Å²) in [6.45, 7) is 6.25. The predicted octanol–water partition coefficient (Wildman–Crippen LogP) is 3.56. The minimum absolute atomic E-state index is 0.000762. The third kappa shape index (κ3) is 3.89. The maximum Gasteiger partial charge on any atom is 0.321 e. The van der Waals surface area contributed by atoms with Gasteiger partial charge < -0.3 is 16.0 Å². The Kier molecular flexibility index (Phi) is 4.88. The van der Waals surface area contributed by atoms with E-state index in [4.69, 9.17) is 5.73 Å². The summed E-state index contributed by atoms with van der Waals surface area (Å²) in [5.74, 6) is 1.44. The largest absolute Gasteiger partial charge is 0.399 e. The Bertz CT molecular complexity index is 442. The monoisotopic (exact) mass is 275 g/mol. The van der Waals surface area contributed by atoms with E-state index in [1.165, 1.54) is 6.42 Å². The number of carbonyl (C=O) groups is 1. The molecule has 2 rings (SSSR count). The molecular formula is C16H25N3O. The van der Waals surface area contributed by atoms with Gasteiger partial charge in [0.1, 0.15) is 0 Å². The lowest BCUT2D eigenvalue weighted by Crippen LogP contribution is -2.35. The van der Waals surface area contributed by atoms with Crippen LogP contribution < -0.4 is 11.1 Å². The first kappa shape index (κ1) is 14.7. The molecule has 1 aromatic carbocycles. The van der Waals surface area contributed by atoms with Gasteiger partial charge in [0.15, 0.2) is 0 Å². The van der Waals surface area contributed by atoms with E-state index in [0.29, 0.717) is 11.6 Å². The maximum atomic E-state index is 12.3. The zero-order valence-corrected chi connectivity index (χ0v) is 12.4. The lowest BCUT2D eigenvalue weighted by molar-refractivity contribution is 0.212. The Hall–Kier alpha value is -1.71. The van der Waals surface area contributed by atoms with Crippen LogP contribution >= 0.6 is 0 Å². The second kappa shape index (κ2) is 6.64. The lowest BCUT2D eigenvalue weighted by atomic mass is 9.89. The molecule has 110 valence electrons. The molecule has 1 heterocycles. The second-order valence-electron chi connectivity index (χ2n) is 5.97. The number of urea groups is 1. The van der Waals surface area contributed by atoms with Crippen LogP contribution in [0.4, 0.5) is 16.2 Å². The number of nitrogens with zero attached hydrogens (tertiary/aromatic N) is 1. The standard InChI is InChI=1S/C16H25N3O/c1-12(2)13-4-3-10-19(11-9-13)16(20)18-15-7-5-14(17)6-8-15/h5-8,12-13H,3-4,9-11,17H2,1-2H3,(H,18,20). The molecule has 2 amide bonds. The van der Waals surface area contributed by atoms with E-state index in [1.54, 1.807) is 12.1 Å². The van der Waals surface area contributed by atoms with Crippen LogP contribution in [0.5, 0.6) is 0 Å². The summed E-state index contributed by atoms with van der Waals surface area (Å²) in [4.78, 5) is 14.2. The van der Waals surface area contributed by atoms with E-state index >= 15 is 0 Å². The number of anilines is 2. The topological polar surface area (TPSA) is 58.4 Å². The first-order valence-corrected chi connectivity index (χ1v) is 7.47. The molecule has 1 atom stereocenters. The van der Waals surface area contributed by atoms with Crippen molar-refractivity contribution in [3.63, 3.8) is 0 Å². The molecule has 0 aliphatic carbocycles. The maximum absolute atomic E-state index is 12.3. The fourth-order valence-corrected chi connectivity index (χ4v) is 2.76. The van der Waals surface area contributed by atoms with E-state index in [9.17, 15) is 4.79 Å². The molecule has 1 fully saturated rings. The molecule has 1 aliphatic heterocycles. The molecule has 1 unspecified atom stereocenters. The predicted molar refractivity (Wildman–Crippen MR) is 83.6 cm³/mol. The lowest BCUT2D eigenvalue weighted by Gasteiger charge is -2.22. The van der Waals surface area contributed by atoms with Gasteiger partial charge in [0, 0.05) is 24.5 Å². The first-order chi connectivity index (χ1) is 9.56. The highest BCUT2D eigenvalue weighted by molar-refractivity contribution is 5.89. The van der Waals surface area contributed by atoms with Gasteiger partial charge in [-0.15, -0.1) is 0 Å². The fraction of sp³-hybridized carbons (Fsp3) is 0.562. The van der Waals surface area contributed by atoms with Crippen molar-refractivity contribution in [3.05, 3.63) is 24.3 Å². The number of carbonyl (C=O) groups excluding carboxylic acids is 1. The third-order valence-electron chi connectivity index (χ3n) is 4.16. The minimum atomic E-state index is -0.000762. The molecule has 0 aromatic heterocycles. The van der Waals surface area contributed by atoms with E-state index in [-0.39, 0.29) is 6.03 Å². The van der Waals surface area contributed by atoms with Gasteiger partial charge in [0.25, 0.3) is 0 Å². The van der Waals surface area contributed by atoms with Crippen molar-refractivity contribution >= 4 is 17.4 Å². The average Bonchev–Trinajstić information content (AvgIpc) is 2.67. The Balaban J connectivity index is 1.90. The van der Waals surface area contributed by atoms with Gasteiger partial charge in [-0.05, 0) is 55.4 Å². The zero-order valence-electron chi connectivity index (χ0n) is 12.4. The highest BCUT2D eigenvalue weighted by atomic mass is 16.2. The van der Waals surface area contributed by atoms with Crippen LogP contribution in [-0.4, -0.2) is 24.0 Å². The van der Waals surface area contributed by atoms with Crippen molar-refractivity contribution < 1.29 is 4.79 Å². The molecule has 0 saturated carbocycles. The van der Waals surface area contributed by atoms with Crippen molar-refractivity contribution in [2.24, 2.45) is 11.8 Å². The molecule has 4 heteroatoms. The summed E-state index contributed by atoms with van der Waals surface area (Å²) in [7, 11) is 0. The number of rotatable bonds is 2. The summed E-state index contributed by atoms with van der Waals surface area (Å²) in [6.07, 6.45) is 3.42. The van der Waals surface area contributed by atoms with Crippen molar-refractivity contribution in [3.8, 4) is 0 Å². The summed E-state index contributed by atoms with van der Waals surface area (Å²) < 4.78 is 0. The number of nitrogen functional groups attached to an aromatic ring is 1. The summed E-state index contributed by atoms with van der Waals surface area (Å²) in [5, 5.41) is 2.94. The Morgan fingerprint density at radius 3 is 2.60 bits per heavy atom. The Morgan fingerprint density at radius 1 is 1.25 bits per heavy atom. The van der Waals surface area contributed by atoms with Crippen molar-refractivity contribution in [1.82, 2.24) is 4.90 Å². The molecule has 0 radical (unpaired) electrons. The molecule has 1 saturated heterocycles. The zero-order chi connectivity index (χ0) is 14.5. The normalized spacial score (nSPS) is 19.8. The van der Waals surface area contributed by atoms with Gasteiger partial charge in [-0.3, -0.25) is 0 Å². The first-order valence-electron chi connectivity index (χ1n) is 7.47. The van der Waals surface area contributed by atoms with Gasteiger partial charge in [-0.2, -0.15) is 0 Å². The van der Waals surface area contributed by atoms with Crippen LogP contribution in [0.1, 0.15) is 33.1 Å². The van der Waals surface area contributed by atoms with Gasteiger partial charge in [-0.25, -0.2) is 4.79 Å².